The topological polar surface area (TPSA) is 82.7 Å². The fourth-order valence-corrected chi connectivity index (χ4v) is 4.28. The number of fused-ring (bicyclic) bond motifs is 2. The lowest BCUT2D eigenvalue weighted by molar-refractivity contribution is -0.123. The standard InChI is InChI=1S/C15H19N5OS.2ClH/c21-15(14-13-10(5-6-16-14)18-8-19-13)17-7-12-20-9-3-1-2-4-11(9)22-12;;/h8,14,16H,1-7H2,(H,17,21)(H,18,19);2*1H. The predicted octanol–water partition coefficient (Wildman–Crippen LogP) is 2.09. The molecule has 1 atom stereocenters. The Hall–Kier alpha value is -1.15. The number of nitrogens with one attached hydrogen (secondary N) is 3. The summed E-state index contributed by atoms with van der Waals surface area (Å²) in [4.78, 5) is 25.9. The number of halogens is 2. The minimum atomic E-state index is -0.357. The Balaban J connectivity index is 0.00000104. The van der Waals surface area contributed by atoms with Crippen LogP contribution in [0.15, 0.2) is 6.33 Å². The highest BCUT2D eigenvalue weighted by Gasteiger charge is 2.28. The molecule has 0 bridgehead atoms. The van der Waals surface area contributed by atoms with Crippen molar-refractivity contribution in [3.05, 3.63) is 33.3 Å². The average Bonchev–Trinajstić information content (AvgIpc) is 3.18. The van der Waals surface area contributed by atoms with Crippen LogP contribution in [-0.2, 0) is 30.6 Å². The molecule has 1 unspecified atom stereocenters. The van der Waals surface area contributed by atoms with Gasteiger partial charge in [-0.25, -0.2) is 9.97 Å². The Labute approximate surface area is 157 Å². The summed E-state index contributed by atoms with van der Waals surface area (Å²) in [5.41, 5.74) is 3.12. The van der Waals surface area contributed by atoms with Gasteiger partial charge in [-0.05, 0) is 25.7 Å². The summed E-state index contributed by atoms with van der Waals surface area (Å²) in [6.45, 7) is 1.30. The predicted molar refractivity (Wildman–Crippen MR) is 98.1 cm³/mol. The maximum absolute atomic E-state index is 12.4. The molecule has 0 radical (unpaired) electrons. The van der Waals surface area contributed by atoms with Crippen molar-refractivity contribution in [2.75, 3.05) is 6.54 Å². The first kappa shape index (κ1) is 19.2. The molecule has 4 rings (SSSR count). The van der Waals surface area contributed by atoms with Gasteiger partial charge in [0.25, 0.3) is 0 Å². The van der Waals surface area contributed by atoms with E-state index in [0.717, 1.165) is 42.2 Å². The van der Waals surface area contributed by atoms with Gasteiger partial charge in [0, 0.05) is 23.5 Å². The number of carbonyl (C=O) groups is 1. The van der Waals surface area contributed by atoms with Gasteiger partial charge in [0.2, 0.25) is 5.91 Å². The quantitative estimate of drug-likeness (QED) is 0.750. The number of hydrogen-bond acceptors (Lipinski definition) is 5. The average molecular weight is 390 g/mol. The third-order valence-electron chi connectivity index (χ3n) is 4.31. The molecule has 1 aliphatic carbocycles. The molecule has 0 aromatic carbocycles. The Morgan fingerprint density at radius 1 is 1.29 bits per heavy atom. The van der Waals surface area contributed by atoms with Gasteiger partial charge < -0.3 is 15.6 Å². The first-order chi connectivity index (χ1) is 10.8. The first-order valence-electron chi connectivity index (χ1n) is 7.82. The summed E-state index contributed by atoms with van der Waals surface area (Å²) in [6, 6.07) is -0.357. The highest BCUT2D eigenvalue weighted by molar-refractivity contribution is 7.11. The third-order valence-corrected chi connectivity index (χ3v) is 5.47. The number of carbonyl (C=O) groups excluding carboxylic acids is 1. The van der Waals surface area contributed by atoms with Gasteiger partial charge in [-0.15, -0.1) is 36.2 Å². The number of amides is 1. The second-order valence-electron chi connectivity index (χ2n) is 5.81. The molecule has 0 fully saturated rings. The fourth-order valence-electron chi connectivity index (χ4n) is 3.18. The smallest absolute Gasteiger partial charge is 0.243 e. The fraction of sp³-hybridized carbons (Fsp3) is 0.533. The molecule has 2 aromatic rings. The van der Waals surface area contributed by atoms with Gasteiger partial charge in [-0.1, -0.05) is 0 Å². The SMILES string of the molecule is Cl.Cl.O=C(NCc1nc2c(s1)CCCC2)C1NCCc2[nH]cnc21. The molecule has 6 nitrogen and oxygen atoms in total. The van der Waals surface area contributed by atoms with Crippen LogP contribution in [0, 0.1) is 0 Å². The molecule has 2 aliphatic rings. The molecule has 1 amide bonds. The number of aryl methyl sites for hydroxylation is 2. The number of nitrogens with zero attached hydrogens (tertiary/aromatic N) is 2. The van der Waals surface area contributed by atoms with E-state index in [-0.39, 0.29) is 36.8 Å². The largest absolute Gasteiger partial charge is 0.348 e. The third kappa shape index (κ3) is 3.74. The van der Waals surface area contributed by atoms with E-state index in [1.54, 1.807) is 17.7 Å². The van der Waals surface area contributed by atoms with Crippen molar-refractivity contribution in [2.24, 2.45) is 0 Å². The second-order valence-corrected chi connectivity index (χ2v) is 6.97. The zero-order chi connectivity index (χ0) is 14.9. The van der Waals surface area contributed by atoms with Gasteiger partial charge in [0.05, 0.1) is 24.3 Å². The van der Waals surface area contributed by atoms with Crippen molar-refractivity contribution in [1.29, 1.82) is 0 Å². The summed E-state index contributed by atoms with van der Waals surface area (Å²) in [5.74, 6) is -0.0266. The zero-order valence-electron chi connectivity index (χ0n) is 13.1. The minimum absolute atomic E-state index is 0. The van der Waals surface area contributed by atoms with E-state index in [2.05, 4.69) is 25.6 Å². The lowest BCUT2D eigenvalue weighted by Gasteiger charge is -2.21. The molecule has 132 valence electrons. The van der Waals surface area contributed by atoms with Crippen LogP contribution >= 0.6 is 36.2 Å². The van der Waals surface area contributed by atoms with Crippen LogP contribution in [0.4, 0.5) is 0 Å². The van der Waals surface area contributed by atoms with Crippen molar-refractivity contribution in [3.63, 3.8) is 0 Å². The number of thiazole rings is 1. The maximum Gasteiger partial charge on any atom is 0.243 e. The molecule has 1 aliphatic heterocycles. The first-order valence-corrected chi connectivity index (χ1v) is 8.63. The summed E-state index contributed by atoms with van der Waals surface area (Å²) in [6.07, 6.45) is 7.26. The Morgan fingerprint density at radius 2 is 2.12 bits per heavy atom. The Kier molecular flexibility index (Phi) is 6.62. The zero-order valence-corrected chi connectivity index (χ0v) is 15.6. The number of H-pyrrole nitrogens is 1. The number of aromatic amines is 1. The molecule has 0 spiro atoms. The van der Waals surface area contributed by atoms with Gasteiger partial charge in [0.1, 0.15) is 11.0 Å². The molecule has 3 N–H and O–H groups in total. The van der Waals surface area contributed by atoms with Gasteiger partial charge in [0.15, 0.2) is 0 Å². The second kappa shape index (κ2) is 8.29. The van der Waals surface area contributed by atoms with Crippen LogP contribution < -0.4 is 10.6 Å². The van der Waals surface area contributed by atoms with Crippen molar-refractivity contribution in [1.82, 2.24) is 25.6 Å². The van der Waals surface area contributed by atoms with E-state index in [1.165, 1.54) is 23.4 Å². The number of imidazole rings is 1. The molecule has 9 heteroatoms. The highest BCUT2D eigenvalue weighted by atomic mass is 35.5. The monoisotopic (exact) mass is 389 g/mol. The summed E-state index contributed by atoms with van der Waals surface area (Å²) in [5, 5.41) is 7.25. The summed E-state index contributed by atoms with van der Waals surface area (Å²) in [7, 11) is 0. The minimum Gasteiger partial charge on any atom is -0.348 e. The van der Waals surface area contributed by atoms with Crippen LogP contribution in [-0.4, -0.2) is 27.4 Å². The van der Waals surface area contributed by atoms with Crippen LogP contribution in [0.5, 0.6) is 0 Å². The van der Waals surface area contributed by atoms with E-state index in [1.807, 2.05) is 0 Å². The van der Waals surface area contributed by atoms with Crippen molar-refractivity contribution in [3.8, 4) is 0 Å². The molecule has 0 saturated heterocycles. The number of rotatable bonds is 3. The molecular formula is C15H21Cl2N5OS. The van der Waals surface area contributed by atoms with Gasteiger partial charge in [-0.2, -0.15) is 0 Å². The Bertz CT molecular complexity index is 678. The number of hydrogen-bond donors (Lipinski definition) is 3. The molecule has 0 saturated carbocycles. The van der Waals surface area contributed by atoms with E-state index < -0.39 is 0 Å². The maximum atomic E-state index is 12.4. The van der Waals surface area contributed by atoms with Crippen LogP contribution in [0.25, 0.3) is 0 Å². The normalized spacial score (nSPS) is 18.6. The summed E-state index contributed by atoms with van der Waals surface area (Å²) < 4.78 is 0. The lowest BCUT2D eigenvalue weighted by atomic mass is 10.0. The van der Waals surface area contributed by atoms with Crippen LogP contribution in [0.1, 0.15) is 45.9 Å². The highest BCUT2D eigenvalue weighted by Crippen LogP contribution is 2.26. The Morgan fingerprint density at radius 3 is 2.96 bits per heavy atom. The van der Waals surface area contributed by atoms with Crippen LogP contribution in [0.2, 0.25) is 0 Å². The van der Waals surface area contributed by atoms with Crippen molar-refractivity contribution < 1.29 is 4.79 Å². The van der Waals surface area contributed by atoms with Crippen LogP contribution in [0.3, 0.4) is 0 Å². The summed E-state index contributed by atoms with van der Waals surface area (Å²) >= 11 is 1.74. The van der Waals surface area contributed by atoms with Gasteiger partial charge in [-0.3, -0.25) is 4.79 Å². The lowest BCUT2D eigenvalue weighted by Crippen LogP contribution is -2.41. The van der Waals surface area contributed by atoms with E-state index in [4.69, 9.17) is 0 Å². The molecule has 3 heterocycles. The van der Waals surface area contributed by atoms with Crippen molar-refractivity contribution >= 4 is 42.1 Å². The molecular weight excluding hydrogens is 369 g/mol. The van der Waals surface area contributed by atoms with E-state index in [9.17, 15) is 4.79 Å². The molecule has 2 aromatic heterocycles. The van der Waals surface area contributed by atoms with E-state index in [0.29, 0.717) is 6.54 Å². The van der Waals surface area contributed by atoms with E-state index >= 15 is 0 Å². The van der Waals surface area contributed by atoms with Gasteiger partial charge >= 0.3 is 0 Å². The van der Waals surface area contributed by atoms with Crippen molar-refractivity contribution in [2.45, 2.75) is 44.7 Å². The number of aromatic nitrogens is 3. The molecule has 24 heavy (non-hydrogen) atoms.